The molecule has 13 nitrogen and oxygen atoms in total. The zero-order valence-corrected chi connectivity index (χ0v) is 30.7. The number of rotatable bonds is 20. The van der Waals surface area contributed by atoms with E-state index in [0.717, 1.165) is 11.1 Å². The molecule has 0 aliphatic rings. The number of carbonyl (C=O) groups is 5. The van der Waals surface area contributed by atoms with Gasteiger partial charge in [0, 0.05) is 6.42 Å². The molecule has 0 fully saturated rings. The standard InChI is InChI=1S/C42H45N3O10/c1-4-35(40(48)43-26-38(47)55-39(31-12-7-5-8-13-31)32-14-9-6-10-15-32)44-37(46)17-11-16-36(41(49)53-27-29-18-22-33(51-2)23-19-29)45-42(50)54-28-30-20-24-34(52-3)25-21-30/h4-10,12-15,18-25,35-36,39H,1,11,16-17,26-28H2,2-3H3,(H,43,48)(H,44,46)(H,45,50)/t35-,36-/m0/s1. The topological polar surface area (TPSA) is 168 Å². The predicted molar refractivity (Wildman–Crippen MR) is 203 cm³/mol. The maximum absolute atomic E-state index is 13.1. The summed E-state index contributed by atoms with van der Waals surface area (Å²) < 4.78 is 26.8. The van der Waals surface area contributed by atoms with Crippen molar-refractivity contribution in [3.8, 4) is 11.5 Å². The summed E-state index contributed by atoms with van der Waals surface area (Å²) in [7, 11) is 3.08. The molecule has 3 amide bonds. The molecule has 0 aromatic heterocycles. The smallest absolute Gasteiger partial charge is 0.408 e. The van der Waals surface area contributed by atoms with Gasteiger partial charge < -0.3 is 39.6 Å². The maximum atomic E-state index is 13.1. The third-order valence-electron chi connectivity index (χ3n) is 8.24. The molecule has 0 radical (unpaired) electrons. The summed E-state index contributed by atoms with van der Waals surface area (Å²) in [5.41, 5.74) is 2.92. The molecule has 0 heterocycles. The Morgan fingerprint density at radius 2 is 1.22 bits per heavy atom. The molecule has 4 aromatic rings. The zero-order chi connectivity index (χ0) is 39.4. The van der Waals surface area contributed by atoms with Gasteiger partial charge >= 0.3 is 18.0 Å². The fraction of sp³-hybridized carbons (Fsp3) is 0.262. The van der Waals surface area contributed by atoms with Crippen molar-refractivity contribution in [1.29, 1.82) is 0 Å². The van der Waals surface area contributed by atoms with Crippen LogP contribution in [0.4, 0.5) is 4.79 Å². The van der Waals surface area contributed by atoms with Gasteiger partial charge in [-0.25, -0.2) is 9.59 Å². The first-order valence-corrected chi connectivity index (χ1v) is 17.5. The molecule has 0 spiro atoms. The Balaban J connectivity index is 1.28. The van der Waals surface area contributed by atoms with Gasteiger partial charge in [0.15, 0.2) is 6.10 Å². The Morgan fingerprint density at radius 3 is 1.73 bits per heavy atom. The van der Waals surface area contributed by atoms with Gasteiger partial charge in [-0.05, 0) is 59.4 Å². The van der Waals surface area contributed by atoms with E-state index in [1.807, 2.05) is 60.7 Å². The van der Waals surface area contributed by atoms with E-state index in [9.17, 15) is 24.0 Å². The molecule has 4 aromatic carbocycles. The summed E-state index contributed by atoms with van der Waals surface area (Å²) in [6, 6.07) is 30.0. The van der Waals surface area contributed by atoms with Crippen LogP contribution >= 0.6 is 0 Å². The second kappa shape index (κ2) is 21.8. The van der Waals surface area contributed by atoms with Crippen LogP contribution in [0.25, 0.3) is 0 Å². The lowest BCUT2D eigenvalue weighted by atomic mass is 10.0. The average Bonchev–Trinajstić information content (AvgIpc) is 3.22. The minimum atomic E-state index is -1.16. The van der Waals surface area contributed by atoms with Crippen LogP contribution in [0.3, 0.4) is 0 Å². The molecular weight excluding hydrogens is 706 g/mol. The highest BCUT2D eigenvalue weighted by Gasteiger charge is 2.25. The number of esters is 2. The van der Waals surface area contributed by atoms with Gasteiger partial charge in [-0.15, -0.1) is 6.58 Å². The molecule has 13 heteroatoms. The number of benzene rings is 4. The number of nitrogens with one attached hydrogen (secondary N) is 3. The minimum absolute atomic E-state index is 0.0211. The lowest BCUT2D eigenvalue weighted by molar-refractivity contribution is -0.148. The fourth-order valence-electron chi connectivity index (χ4n) is 5.25. The highest BCUT2D eigenvalue weighted by atomic mass is 16.6. The molecule has 0 aliphatic carbocycles. The number of alkyl carbamates (subject to hydrolysis) is 1. The van der Waals surface area contributed by atoms with Gasteiger partial charge in [0.2, 0.25) is 11.8 Å². The lowest BCUT2D eigenvalue weighted by Crippen LogP contribution is -2.47. The van der Waals surface area contributed by atoms with E-state index in [1.165, 1.54) is 6.08 Å². The van der Waals surface area contributed by atoms with Crippen molar-refractivity contribution in [2.24, 2.45) is 0 Å². The van der Waals surface area contributed by atoms with Crippen LogP contribution in [-0.4, -0.2) is 62.7 Å². The van der Waals surface area contributed by atoms with Crippen LogP contribution in [0.2, 0.25) is 0 Å². The van der Waals surface area contributed by atoms with Crippen LogP contribution in [0.1, 0.15) is 47.6 Å². The molecule has 288 valence electrons. The van der Waals surface area contributed by atoms with Crippen molar-refractivity contribution < 1.29 is 47.7 Å². The van der Waals surface area contributed by atoms with Gasteiger partial charge in [0.1, 0.15) is 43.3 Å². The third-order valence-corrected chi connectivity index (χ3v) is 8.24. The summed E-state index contributed by atoms with van der Waals surface area (Å²) in [5.74, 6) is -1.31. The molecule has 3 N–H and O–H groups in total. The van der Waals surface area contributed by atoms with Crippen LogP contribution in [0, 0.1) is 0 Å². The Labute approximate surface area is 320 Å². The molecule has 4 rings (SSSR count). The van der Waals surface area contributed by atoms with E-state index in [1.54, 1.807) is 62.8 Å². The van der Waals surface area contributed by atoms with Crippen molar-refractivity contribution in [3.63, 3.8) is 0 Å². The average molecular weight is 752 g/mol. The van der Waals surface area contributed by atoms with Crippen molar-refractivity contribution in [3.05, 3.63) is 144 Å². The molecule has 0 saturated heterocycles. The van der Waals surface area contributed by atoms with E-state index >= 15 is 0 Å². The SMILES string of the molecule is C=C[C@H](NC(=O)CCC[C@H](NC(=O)OCc1ccc(OC)cc1)C(=O)OCc1ccc(OC)cc1)C(=O)NCC(=O)OC(c1ccccc1)c1ccccc1. The van der Waals surface area contributed by atoms with Gasteiger partial charge in [0.25, 0.3) is 0 Å². The zero-order valence-electron chi connectivity index (χ0n) is 30.7. The van der Waals surface area contributed by atoms with Crippen molar-refractivity contribution in [2.75, 3.05) is 20.8 Å². The molecule has 0 unspecified atom stereocenters. The molecule has 0 saturated carbocycles. The highest BCUT2D eigenvalue weighted by Crippen LogP contribution is 2.26. The summed E-state index contributed by atoms with van der Waals surface area (Å²) in [5, 5.41) is 7.58. The Morgan fingerprint density at radius 1 is 0.691 bits per heavy atom. The van der Waals surface area contributed by atoms with Gasteiger partial charge in [0.05, 0.1) is 14.2 Å². The molecule has 55 heavy (non-hydrogen) atoms. The number of ether oxygens (including phenoxy) is 5. The second-order valence-electron chi connectivity index (χ2n) is 12.2. The first-order valence-electron chi connectivity index (χ1n) is 17.5. The summed E-state index contributed by atoms with van der Waals surface area (Å²) in [6.07, 6.45) is -0.268. The maximum Gasteiger partial charge on any atom is 0.408 e. The van der Waals surface area contributed by atoms with Crippen LogP contribution in [0.15, 0.2) is 122 Å². The fourth-order valence-corrected chi connectivity index (χ4v) is 5.25. The number of carbonyl (C=O) groups excluding carboxylic acids is 5. The van der Waals surface area contributed by atoms with Crippen LogP contribution < -0.4 is 25.4 Å². The van der Waals surface area contributed by atoms with E-state index in [2.05, 4.69) is 22.5 Å². The number of methoxy groups -OCH3 is 2. The number of hydrogen-bond donors (Lipinski definition) is 3. The Hall–Kier alpha value is -6.63. The molecule has 2 atom stereocenters. The van der Waals surface area contributed by atoms with Crippen molar-refractivity contribution in [2.45, 2.75) is 50.7 Å². The number of hydrogen-bond acceptors (Lipinski definition) is 10. The van der Waals surface area contributed by atoms with Crippen LogP contribution in [0.5, 0.6) is 11.5 Å². The first kappa shape index (κ1) is 41.1. The van der Waals surface area contributed by atoms with Gasteiger partial charge in [-0.2, -0.15) is 0 Å². The van der Waals surface area contributed by atoms with Crippen molar-refractivity contribution >= 4 is 29.8 Å². The molecular formula is C42H45N3O10. The summed E-state index contributed by atoms with van der Waals surface area (Å²) in [6.45, 7) is 3.06. The minimum Gasteiger partial charge on any atom is -0.497 e. The predicted octanol–water partition coefficient (Wildman–Crippen LogP) is 5.33. The van der Waals surface area contributed by atoms with E-state index < -0.39 is 54.6 Å². The molecule has 0 bridgehead atoms. The van der Waals surface area contributed by atoms with E-state index in [-0.39, 0.29) is 32.5 Å². The van der Waals surface area contributed by atoms with Gasteiger partial charge in [-0.3, -0.25) is 14.4 Å². The van der Waals surface area contributed by atoms with Gasteiger partial charge in [-0.1, -0.05) is 91.0 Å². The van der Waals surface area contributed by atoms with E-state index in [4.69, 9.17) is 23.7 Å². The lowest BCUT2D eigenvalue weighted by Gasteiger charge is -2.20. The largest absolute Gasteiger partial charge is 0.497 e. The summed E-state index contributed by atoms with van der Waals surface area (Å²) in [4.78, 5) is 64.5. The Kier molecular flexibility index (Phi) is 16.3. The second-order valence-corrected chi connectivity index (χ2v) is 12.2. The first-order chi connectivity index (χ1) is 26.7. The van der Waals surface area contributed by atoms with E-state index in [0.29, 0.717) is 22.6 Å². The highest BCUT2D eigenvalue weighted by molar-refractivity contribution is 5.91. The number of amides is 3. The normalized spacial score (nSPS) is 11.6. The monoisotopic (exact) mass is 751 g/mol. The summed E-state index contributed by atoms with van der Waals surface area (Å²) >= 11 is 0. The third kappa shape index (κ3) is 13.7. The quantitative estimate of drug-likeness (QED) is 0.0610. The molecule has 0 aliphatic heterocycles. The van der Waals surface area contributed by atoms with Crippen molar-refractivity contribution in [1.82, 2.24) is 16.0 Å². The van der Waals surface area contributed by atoms with Crippen LogP contribution in [-0.2, 0) is 46.6 Å². The Bertz CT molecular complexity index is 1810.